The first-order valence-corrected chi connectivity index (χ1v) is 8.61. The van der Waals surface area contributed by atoms with E-state index >= 15 is 0 Å². The second-order valence-electron chi connectivity index (χ2n) is 5.49. The Balaban J connectivity index is 2.17. The number of hydrogen-bond donors (Lipinski definition) is 0. The molecule has 6 heteroatoms. The molecule has 26 heavy (non-hydrogen) atoms. The third-order valence-electron chi connectivity index (χ3n) is 3.70. The first-order valence-electron chi connectivity index (χ1n) is 7.85. The number of benzene rings is 2. The van der Waals surface area contributed by atoms with Crippen LogP contribution in [0.15, 0.2) is 54.1 Å². The summed E-state index contributed by atoms with van der Waals surface area (Å²) in [6, 6.07) is 14.3. The summed E-state index contributed by atoms with van der Waals surface area (Å²) in [6.07, 6.45) is 0.951. The van der Waals surface area contributed by atoms with Gasteiger partial charge in [0.2, 0.25) is 0 Å². The molecule has 0 radical (unpaired) electrons. The lowest BCUT2D eigenvalue weighted by molar-refractivity contribution is -0.143. The number of ketones is 1. The smallest absolute Gasteiger partial charge is 0.341 e. The van der Waals surface area contributed by atoms with Gasteiger partial charge in [0.15, 0.2) is 5.78 Å². The summed E-state index contributed by atoms with van der Waals surface area (Å²) in [4.78, 5) is 24.3. The molecule has 0 heterocycles. The highest BCUT2D eigenvalue weighted by Crippen LogP contribution is 2.27. The van der Waals surface area contributed by atoms with E-state index in [9.17, 15) is 9.59 Å². The molecule has 0 saturated heterocycles. The highest BCUT2D eigenvalue weighted by atomic mass is 35.5. The molecule has 1 atom stereocenters. The maximum absolute atomic E-state index is 12.4. The molecule has 0 saturated carbocycles. The second kappa shape index (κ2) is 9.53. The van der Waals surface area contributed by atoms with Crippen molar-refractivity contribution in [1.82, 2.24) is 0 Å². The van der Waals surface area contributed by atoms with E-state index in [1.54, 1.807) is 18.2 Å². The van der Waals surface area contributed by atoms with Crippen LogP contribution in [0.1, 0.15) is 24.2 Å². The van der Waals surface area contributed by atoms with Gasteiger partial charge in [-0.05, 0) is 30.2 Å². The molecule has 136 valence electrons. The maximum atomic E-state index is 12.4. The van der Waals surface area contributed by atoms with E-state index in [4.69, 9.17) is 32.7 Å². The van der Waals surface area contributed by atoms with Crippen LogP contribution in [-0.2, 0) is 19.1 Å². The molecular weight excluding hydrogens is 375 g/mol. The van der Waals surface area contributed by atoms with Crippen molar-refractivity contribution < 1.29 is 19.1 Å². The van der Waals surface area contributed by atoms with Gasteiger partial charge in [0.1, 0.15) is 18.3 Å². The maximum Gasteiger partial charge on any atom is 0.341 e. The zero-order valence-corrected chi connectivity index (χ0v) is 15.9. The fourth-order valence-electron chi connectivity index (χ4n) is 2.29. The number of esters is 1. The molecule has 4 nitrogen and oxygen atoms in total. The molecule has 0 aromatic heterocycles. The predicted octanol–water partition coefficient (Wildman–Crippen LogP) is 4.90. The molecule has 2 aromatic carbocycles. The summed E-state index contributed by atoms with van der Waals surface area (Å²) in [7, 11) is 1.53. The number of methoxy groups -OCH3 is 1. The number of carbonyl (C=O) groups excluding carboxylic acids is 2. The summed E-state index contributed by atoms with van der Waals surface area (Å²) >= 11 is 12.1. The summed E-state index contributed by atoms with van der Waals surface area (Å²) < 4.78 is 10.6. The quantitative estimate of drug-likeness (QED) is 0.291. The molecule has 0 unspecified atom stereocenters. The molecule has 0 spiro atoms. The summed E-state index contributed by atoms with van der Waals surface area (Å²) in [5.74, 6) is -1.17. The third kappa shape index (κ3) is 5.18. The second-order valence-corrected chi connectivity index (χ2v) is 6.28. The highest BCUT2D eigenvalue weighted by molar-refractivity contribution is 6.43. The van der Waals surface area contributed by atoms with Crippen molar-refractivity contribution in [3.63, 3.8) is 0 Å². The SMILES string of the molecule is CO[C@@H](COC(=O)C(=Cc1cccc(Cl)c1Cl)C(C)=O)c1ccccc1. The lowest BCUT2D eigenvalue weighted by atomic mass is 10.1. The van der Waals surface area contributed by atoms with Gasteiger partial charge >= 0.3 is 5.97 Å². The molecule has 0 fully saturated rings. The van der Waals surface area contributed by atoms with Crippen molar-refractivity contribution in [3.8, 4) is 0 Å². The molecule has 0 aliphatic rings. The van der Waals surface area contributed by atoms with E-state index < -0.39 is 17.9 Å². The third-order valence-corrected chi connectivity index (χ3v) is 4.54. The molecule has 0 bridgehead atoms. The van der Waals surface area contributed by atoms with Gasteiger partial charge in [0.05, 0.1) is 10.0 Å². The number of Topliss-reactive ketones (excluding diaryl/α,β-unsaturated/α-hetero) is 1. The monoisotopic (exact) mass is 392 g/mol. The average Bonchev–Trinajstić information content (AvgIpc) is 2.64. The Hall–Kier alpha value is -2.14. The van der Waals surface area contributed by atoms with Crippen LogP contribution >= 0.6 is 23.2 Å². The summed E-state index contributed by atoms with van der Waals surface area (Å²) in [5.41, 5.74) is 1.22. The van der Waals surface area contributed by atoms with E-state index in [0.717, 1.165) is 5.56 Å². The van der Waals surface area contributed by atoms with Crippen LogP contribution in [0.3, 0.4) is 0 Å². The number of halogens is 2. The zero-order valence-electron chi connectivity index (χ0n) is 14.4. The van der Waals surface area contributed by atoms with Crippen molar-refractivity contribution in [3.05, 3.63) is 75.3 Å². The first kappa shape index (κ1) is 20.2. The van der Waals surface area contributed by atoms with Crippen LogP contribution < -0.4 is 0 Å². The van der Waals surface area contributed by atoms with Gasteiger partial charge in [0.25, 0.3) is 0 Å². The topological polar surface area (TPSA) is 52.6 Å². The minimum atomic E-state index is -0.744. The first-order chi connectivity index (χ1) is 12.4. The molecule has 0 aliphatic heterocycles. The fourth-order valence-corrected chi connectivity index (χ4v) is 2.65. The predicted molar refractivity (Wildman–Crippen MR) is 102 cm³/mol. The van der Waals surface area contributed by atoms with Gasteiger partial charge < -0.3 is 9.47 Å². The Morgan fingerprint density at radius 2 is 1.77 bits per heavy atom. The Morgan fingerprint density at radius 3 is 2.38 bits per heavy atom. The molecular formula is C20H18Cl2O4. The van der Waals surface area contributed by atoms with Gasteiger partial charge in [-0.1, -0.05) is 65.7 Å². The summed E-state index contributed by atoms with van der Waals surface area (Å²) in [6.45, 7) is 1.27. The minimum Gasteiger partial charge on any atom is -0.459 e. The standard InChI is InChI=1S/C20H18Cl2O4/c1-13(23)16(11-15-9-6-10-17(21)19(15)22)20(24)26-12-18(25-2)14-7-4-3-5-8-14/h3-11,18H,12H2,1-2H3/t18-/m0/s1. The van der Waals surface area contributed by atoms with E-state index in [-0.39, 0.29) is 17.2 Å². The molecule has 2 aromatic rings. The Labute approximate surface area is 162 Å². The van der Waals surface area contributed by atoms with E-state index in [0.29, 0.717) is 10.6 Å². The van der Waals surface area contributed by atoms with Crippen molar-refractivity contribution >= 4 is 41.0 Å². The fraction of sp³-hybridized carbons (Fsp3) is 0.200. The van der Waals surface area contributed by atoms with Crippen molar-refractivity contribution in [2.75, 3.05) is 13.7 Å². The minimum absolute atomic E-state index is 0.0206. The van der Waals surface area contributed by atoms with Gasteiger partial charge in [-0.25, -0.2) is 4.79 Å². The number of hydrogen-bond acceptors (Lipinski definition) is 4. The lowest BCUT2D eigenvalue weighted by Crippen LogP contribution is -2.18. The van der Waals surface area contributed by atoms with Crippen molar-refractivity contribution in [2.24, 2.45) is 0 Å². The summed E-state index contributed by atoms with van der Waals surface area (Å²) in [5, 5.41) is 0.597. The van der Waals surface area contributed by atoms with Crippen LogP contribution in [-0.4, -0.2) is 25.5 Å². The van der Waals surface area contributed by atoms with Crippen LogP contribution in [0.25, 0.3) is 6.08 Å². The molecule has 0 aliphatic carbocycles. The van der Waals surface area contributed by atoms with Gasteiger partial charge in [0, 0.05) is 7.11 Å². The van der Waals surface area contributed by atoms with Crippen LogP contribution in [0.2, 0.25) is 10.0 Å². The van der Waals surface area contributed by atoms with Crippen molar-refractivity contribution in [1.29, 1.82) is 0 Å². The van der Waals surface area contributed by atoms with Crippen LogP contribution in [0.4, 0.5) is 0 Å². The van der Waals surface area contributed by atoms with E-state index in [2.05, 4.69) is 0 Å². The highest BCUT2D eigenvalue weighted by Gasteiger charge is 2.20. The van der Waals surface area contributed by atoms with E-state index in [1.807, 2.05) is 30.3 Å². The van der Waals surface area contributed by atoms with Gasteiger partial charge in [-0.15, -0.1) is 0 Å². The Bertz CT molecular complexity index is 816. The normalized spacial score (nSPS) is 12.5. The average molecular weight is 393 g/mol. The van der Waals surface area contributed by atoms with Gasteiger partial charge in [-0.3, -0.25) is 4.79 Å². The Kier molecular flexibility index (Phi) is 7.39. The largest absolute Gasteiger partial charge is 0.459 e. The van der Waals surface area contributed by atoms with Gasteiger partial charge in [-0.2, -0.15) is 0 Å². The molecule has 0 N–H and O–H groups in total. The number of ether oxygens (including phenoxy) is 2. The van der Waals surface area contributed by atoms with Crippen LogP contribution in [0, 0.1) is 0 Å². The van der Waals surface area contributed by atoms with Crippen molar-refractivity contribution in [2.45, 2.75) is 13.0 Å². The molecule has 0 amide bonds. The lowest BCUT2D eigenvalue weighted by Gasteiger charge is -2.16. The Morgan fingerprint density at radius 1 is 1.08 bits per heavy atom. The zero-order chi connectivity index (χ0) is 19.1. The number of rotatable bonds is 7. The molecule has 2 rings (SSSR count). The van der Waals surface area contributed by atoms with E-state index in [1.165, 1.54) is 20.1 Å². The number of carbonyl (C=O) groups is 2. The van der Waals surface area contributed by atoms with Crippen LogP contribution in [0.5, 0.6) is 0 Å².